The minimum Gasteiger partial charge on any atom is -0.461 e. The van der Waals surface area contributed by atoms with Crippen molar-refractivity contribution in [3.8, 4) is 5.75 Å². The fourth-order valence-electron chi connectivity index (χ4n) is 2.31. The van der Waals surface area contributed by atoms with E-state index in [1.807, 2.05) is 27.0 Å². The Kier molecular flexibility index (Phi) is 4.48. The summed E-state index contributed by atoms with van der Waals surface area (Å²) in [5.41, 5.74) is 3.21. The van der Waals surface area contributed by atoms with Crippen molar-refractivity contribution >= 4 is 27.7 Å². The van der Waals surface area contributed by atoms with Crippen LogP contribution in [0.15, 0.2) is 39.8 Å². The van der Waals surface area contributed by atoms with Crippen LogP contribution in [-0.2, 0) is 17.1 Å². The maximum atomic E-state index is 5.96. The quantitative estimate of drug-likeness (QED) is 0.694. The average Bonchev–Trinajstić information content (AvgIpc) is 2.48. The van der Waals surface area contributed by atoms with Crippen molar-refractivity contribution in [2.45, 2.75) is 43.8 Å². The standard InChI is InChI=1S/C17H18BrNO2S/c1-11-16-15(9-20-17(2,3)21-16)12(8-19-11)10-22-14-6-4-13(18)5-7-14/h4-8H,9-10H2,1-3H3. The summed E-state index contributed by atoms with van der Waals surface area (Å²) >= 11 is 5.25. The van der Waals surface area contributed by atoms with E-state index in [-0.39, 0.29) is 0 Å². The van der Waals surface area contributed by atoms with Crippen LogP contribution in [0, 0.1) is 6.92 Å². The highest BCUT2D eigenvalue weighted by atomic mass is 79.9. The van der Waals surface area contributed by atoms with Gasteiger partial charge in [0.1, 0.15) is 5.75 Å². The molecule has 1 aliphatic heterocycles. The van der Waals surface area contributed by atoms with Gasteiger partial charge >= 0.3 is 0 Å². The predicted octanol–water partition coefficient (Wildman–Crippen LogP) is 5.09. The number of nitrogens with zero attached hydrogens (tertiary/aromatic N) is 1. The third-order valence-electron chi connectivity index (χ3n) is 3.52. The number of hydrogen-bond acceptors (Lipinski definition) is 4. The third kappa shape index (κ3) is 3.47. The van der Waals surface area contributed by atoms with Crippen LogP contribution in [0.5, 0.6) is 5.75 Å². The normalized spacial score (nSPS) is 16.0. The summed E-state index contributed by atoms with van der Waals surface area (Å²) in [6.45, 7) is 6.41. The molecule has 3 nitrogen and oxygen atoms in total. The van der Waals surface area contributed by atoms with Crippen LogP contribution in [-0.4, -0.2) is 10.8 Å². The number of pyridine rings is 1. The fourth-order valence-corrected chi connectivity index (χ4v) is 3.47. The first kappa shape index (κ1) is 15.8. The summed E-state index contributed by atoms with van der Waals surface area (Å²) < 4.78 is 12.8. The number of rotatable bonds is 3. The van der Waals surface area contributed by atoms with Gasteiger partial charge < -0.3 is 9.47 Å². The molecule has 0 atom stereocenters. The number of aromatic nitrogens is 1. The predicted molar refractivity (Wildman–Crippen MR) is 92.2 cm³/mol. The second-order valence-corrected chi connectivity index (χ2v) is 7.67. The highest BCUT2D eigenvalue weighted by Crippen LogP contribution is 2.37. The molecule has 0 saturated heterocycles. The molecule has 0 N–H and O–H groups in total. The first-order valence-corrected chi connectivity index (χ1v) is 8.91. The van der Waals surface area contributed by atoms with E-state index >= 15 is 0 Å². The topological polar surface area (TPSA) is 31.4 Å². The smallest absolute Gasteiger partial charge is 0.205 e. The number of hydrogen-bond donors (Lipinski definition) is 0. The van der Waals surface area contributed by atoms with Crippen molar-refractivity contribution in [1.82, 2.24) is 4.98 Å². The maximum absolute atomic E-state index is 5.96. The molecule has 3 rings (SSSR count). The molecule has 1 aromatic heterocycles. The second kappa shape index (κ2) is 6.22. The monoisotopic (exact) mass is 379 g/mol. The first-order chi connectivity index (χ1) is 10.4. The van der Waals surface area contributed by atoms with Gasteiger partial charge in [0.15, 0.2) is 0 Å². The first-order valence-electron chi connectivity index (χ1n) is 7.13. The van der Waals surface area contributed by atoms with Crippen molar-refractivity contribution in [3.05, 3.63) is 51.8 Å². The highest BCUT2D eigenvalue weighted by molar-refractivity contribution is 9.10. The molecular weight excluding hydrogens is 362 g/mol. The molecule has 5 heteroatoms. The zero-order valence-corrected chi connectivity index (χ0v) is 15.3. The zero-order valence-electron chi connectivity index (χ0n) is 12.9. The van der Waals surface area contributed by atoms with E-state index in [0.717, 1.165) is 27.2 Å². The minimum atomic E-state index is -0.586. The molecular formula is C17H18BrNO2S. The molecule has 0 bridgehead atoms. The van der Waals surface area contributed by atoms with E-state index in [2.05, 4.69) is 45.2 Å². The van der Waals surface area contributed by atoms with Crippen LogP contribution in [0.2, 0.25) is 0 Å². The van der Waals surface area contributed by atoms with E-state index < -0.39 is 5.79 Å². The Morgan fingerprint density at radius 1 is 1.27 bits per heavy atom. The van der Waals surface area contributed by atoms with Crippen LogP contribution in [0.25, 0.3) is 0 Å². The molecule has 0 unspecified atom stereocenters. The minimum absolute atomic E-state index is 0.571. The molecule has 2 aromatic rings. The highest BCUT2D eigenvalue weighted by Gasteiger charge is 2.30. The van der Waals surface area contributed by atoms with Crippen molar-refractivity contribution < 1.29 is 9.47 Å². The SMILES string of the molecule is Cc1ncc(CSc2ccc(Br)cc2)c2c1OC(C)(C)OC2. The Balaban J connectivity index is 1.82. The molecule has 1 aliphatic rings. The lowest BCUT2D eigenvalue weighted by atomic mass is 10.1. The van der Waals surface area contributed by atoms with E-state index in [1.54, 1.807) is 11.8 Å². The largest absolute Gasteiger partial charge is 0.461 e. The van der Waals surface area contributed by atoms with Crippen LogP contribution in [0.1, 0.15) is 30.7 Å². The van der Waals surface area contributed by atoms with Gasteiger partial charge in [0.05, 0.1) is 12.3 Å². The molecule has 0 amide bonds. The summed E-state index contributed by atoms with van der Waals surface area (Å²) in [4.78, 5) is 5.71. The van der Waals surface area contributed by atoms with Gasteiger partial charge in [-0.15, -0.1) is 11.8 Å². The molecule has 22 heavy (non-hydrogen) atoms. The van der Waals surface area contributed by atoms with E-state index in [1.165, 1.54) is 10.5 Å². The number of benzene rings is 1. The lowest BCUT2D eigenvalue weighted by molar-refractivity contribution is -0.180. The molecule has 0 fully saturated rings. The van der Waals surface area contributed by atoms with Crippen molar-refractivity contribution in [1.29, 1.82) is 0 Å². The molecule has 0 saturated carbocycles. The fraction of sp³-hybridized carbons (Fsp3) is 0.353. The number of aryl methyl sites for hydroxylation is 1. The van der Waals surface area contributed by atoms with E-state index in [9.17, 15) is 0 Å². The molecule has 1 aromatic carbocycles. The van der Waals surface area contributed by atoms with Gasteiger partial charge in [-0.2, -0.15) is 0 Å². The van der Waals surface area contributed by atoms with Gasteiger partial charge in [-0.25, -0.2) is 0 Å². The lowest BCUT2D eigenvalue weighted by Crippen LogP contribution is -2.36. The zero-order chi connectivity index (χ0) is 15.7. The molecule has 116 valence electrons. The Morgan fingerprint density at radius 2 is 2.00 bits per heavy atom. The number of thioether (sulfide) groups is 1. The summed E-state index contributed by atoms with van der Waals surface area (Å²) in [5, 5.41) is 0. The van der Waals surface area contributed by atoms with Crippen LogP contribution in [0.4, 0.5) is 0 Å². The Hall–Kier alpha value is -1.04. The number of ether oxygens (including phenoxy) is 2. The van der Waals surface area contributed by atoms with Gasteiger partial charge in [0.25, 0.3) is 0 Å². The van der Waals surface area contributed by atoms with Crippen molar-refractivity contribution in [3.63, 3.8) is 0 Å². The Morgan fingerprint density at radius 3 is 2.73 bits per heavy atom. The molecule has 0 spiro atoms. The van der Waals surface area contributed by atoms with Gasteiger partial charge in [-0.3, -0.25) is 4.98 Å². The van der Waals surface area contributed by atoms with Crippen LogP contribution in [0.3, 0.4) is 0 Å². The van der Waals surface area contributed by atoms with E-state index in [4.69, 9.17) is 9.47 Å². The average molecular weight is 380 g/mol. The van der Waals surface area contributed by atoms with Crippen LogP contribution >= 0.6 is 27.7 Å². The van der Waals surface area contributed by atoms with Gasteiger partial charge in [0.2, 0.25) is 5.79 Å². The molecule has 2 heterocycles. The van der Waals surface area contributed by atoms with Crippen molar-refractivity contribution in [2.75, 3.05) is 0 Å². The summed E-state index contributed by atoms with van der Waals surface area (Å²) in [5.74, 6) is 1.14. The number of halogens is 1. The summed E-state index contributed by atoms with van der Waals surface area (Å²) in [6, 6.07) is 8.33. The third-order valence-corrected chi connectivity index (χ3v) is 5.11. The number of fused-ring (bicyclic) bond motifs is 1. The summed E-state index contributed by atoms with van der Waals surface area (Å²) in [7, 11) is 0. The maximum Gasteiger partial charge on any atom is 0.205 e. The molecule has 0 radical (unpaired) electrons. The second-order valence-electron chi connectivity index (χ2n) is 5.71. The Labute approximate surface area is 143 Å². The van der Waals surface area contributed by atoms with E-state index in [0.29, 0.717) is 6.61 Å². The Bertz CT molecular complexity index is 686. The summed E-state index contributed by atoms with van der Waals surface area (Å²) in [6.07, 6.45) is 1.94. The van der Waals surface area contributed by atoms with Gasteiger partial charge in [-0.05, 0) is 36.8 Å². The van der Waals surface area contributed by atoms with Gasteiger partial charge in [0, 0.05) is 40.7 Å². The van der Waals surface area contributed by atoms with Crippen molar-refractivity contribution in [2.24, 2.45) is 0 Å². The van der Waals surface area contributed by atoms with Crippen LogP contribution < -0.4 is 4.74 Å². The lowest BCUT2D eigenvalue weighted by Gasteiger charge is -2.34. The molecule has 0 aliphatic carbocycles. The van der Waals surface area contributed by atoms with Gasteiger partial charge in [-0.1, -0.05) is 15.9 Å².